The molecule has 1 atom stereocenters. The number of hydrogen-bond acceptors (Lipinski definition) is 3. The highest BCUT2D eigenvalue weighted by Gasteiger charge is 2.07. The van der Waals surface area contributed by atoms with Crippen molar-refractivity contribution in [3.05, 3.63) is 12.2 Å². The van der Waals surface area contributed by atoms with Crippen LogP contribution in [0.2, 0.25) is 0 Å². The smallest absolute Gasteiger partial charge is 0.246 e. The zero-order valence-electron chi connectivity index (χ0n) is 8.50. The zero-order chi connectivity index (χ0) is 10.4. The second-order valence-electron chi connectivity index (χ2n) is 3.41. The SMILES string of the molecule is C=C(C)C(=O)NCC(O)CN(C)C. The van der Waals surface area contributed by atoms with Crippen molar-refractivity contribution in [1.29, 1.82) is 0 Å². The van der Waals surface area contributed by atoms with E-state index in [4.69, 9.17) is 0 Å². The second kappa shape index (κ2) is 5.72. The molecule has 0 radical (unpaired) electrons. The number of nitrogens with zero attached hydrogens (tertiary/aromatic N) is 1. The van der Waals surface area contributed by atoms with Gasteiger partial charge in [-0.1, -0.05) is 6.58 Å². The van der Waals surface area contributed by atoms with Gasteiger partial charge in [0.25, 0.3) is 0 Å². The predicted molar refractivity (Wildman–Crippen MR) is 52.4 cm³/mol. The summed E-state index contributed by atoms with van der Waals surface area (Å²) < 4.78 is 0. The number of aliphatic hydroxyl groups excluding tert-OH is 1. The quantitative estimate of drug-likeness (QED) is 0.574. The van der Waals surface area contributed by atoms with Gasteiger partial charge >= 0.3 is 0 Å². The van der Waals surface area contributed by atoms with E-state index in [1.54, 1.807) is 6.92 Å². The maximum Gasteiger partial charge on any atom is 0.246 e. The summed E-state index contributed by atoms with van der Waals surface area (Å²) in [5, 5.41) is 11.9. The van der Waals surface area contributed by atoms with Gasteiger partial charge in [-0.25, -0.2) is 0 Å². The van der Waals surface area contributed by atoms with Crippen LogP contribution < -0.4 is 5.32 Å². The first-order chi connectivity index (χ1) is 5.93. The molecule has 0 aromatic rings. The number of amides is 1. The molecule has 0 heterocycles. The first-order valence-corrected chi connectivity index (χ1v) is 4.20. The number of aliphatic hydroxyl groups is 1. The Bertz CT molecular complexity index is 190. The van der Waals surface area contributed by atoms with Crippen molar-refractivity contribution in [3.8, 4) is 0 Å². The predicted octanol–water partition coefficient (Wildman–Crippen LogP) is -0.399. The Morgan fingerprint density at radius 2 is 2.15 bits per heavy atom. The molecule has 1 unspecified atom stereocenters. The van der Waals surface area contributed by atoms with E-state index in [2.05, 4.69) is 11.9 Å². The van der Waals surface area contributed by atoms with Crippen LogP contribution in [-0.4, -0.2) is 49.2 Å². The monoisotopic (exact) mass is 186 g/mol. The van der Waals surface area contributed by atoms with E-state index in [1.807, 2.05) is 19.0 Å². The Morgan fingerprint density at radius 1 is 1.62 bits per heavy atom. The molecule has 0 aliphatic heterocycles. The minimum absolute atomic E-state index is 0.210. The molecule has 2 N–H and O–H groups in total. The van der Waals surface area contributed by atoms with E-state index < -0.39 is 6.10 Å². The molecule has 76 valence electrons. The molecular formula is C9H18N2O2. The Kier molecular flexibility index (Phi) is 5.34. The second-order valence-corrected chi connectivity index (χ2v) is 3.41. The van der Waals surface area contributed by atoms with Crippen LogP contribution in [0.15, 0.2) is 12.2 Å². The summed E-state index contributed by atoms with van der Waals surface area (Å²) in [6, 6.07) is 0. The lowest BCUT2D eigenvalue weighted by molar-refractivity contribution is -0.117. The lowest BCUT2D eigenvalue weighted by atomic mass is 10.3. The van der Waals surface area contributed by atoms with Gasteiger partial charge in [0.2, 0.25) is 5.91 Å². The molecule has 1 amide bonds. The number of likely N-dealkylation sites (N-methyl/N-ethyl adjacent to an activating group) is 1. The minimum atomic E-state index is -0.529. The van der Waals surface area contributed by atoms with Gasteiger partial charge in [0.15, 0.2) is 0 Å². The van der Waals surface area contributed by atoms with Gasteiger partial charge in [-0.05, 0) is 21.0 Å². The molecule has 0 aliphatic carbocycles. The molecule has 0 aromatic heterocycles. The Labute approximate surface area is 79.2 Å². The van der Waals surface area contributed by atoms with Crippen LogP contribution in [-0.2, 0) is 4.79 Å². The molecule has 0 spiro atoms. The summed E-state index contributed by atoms with van der Waals surface area (Å²) in [4.78, 5) is 12.9. The van der Waals surface area contributed by atoms with Crippen molar-refractivity contribution in [2.75, 3.05) is 27.2 Å². The maximum atomic E-state index is 11.0. The molecule has 4 nitrogen and oxygen atoms in total. The van der Waals surface area contributed by atoms with Crippen LogP contribution in [0.25, 0.3) is 0 Å². The summed E-state index contributed by atoms with van der Waals surface area (Å²) in [7, 11) is 3.73. The van der Waals surface area contributed by atoms with Crippen LogP contribution >= 0.6 is 0 Å². The molecule has 0 saturated carbocycles. The normalized spacial score (nSPS) is 12.7. The molecule has 0 saturated heterocycles. The standard InChI is InChI=1S/C9H18N2O2/c1-7(2)9(13)10-5-8(12)6-11(3)4/h8,12H,1,5-6H2,2-4H3,(H,10,13). The number of carbonyl (C=O) groups is 1. The minimum Gasteiger partial charge on any atom is -0.390 e. The third-order valence-corrected chi connectivity index (χ3v) is 1.46. The van der Waals surface area contributed by atoms with Gasteiger partial charge in [-0.15, -0.1) is 0 Å². The molecule has 0 aromatic carbocycles. The zero-order valence-corrected chi connectivity index (χ0v) is 8.50. The van der Waals surface area contributed by atoms with E-state index >= 15 is 0 Å². The van der Waals surface area contributed by atoms with Crippen LogP contribution in [0.5, 0.6) is 0 Å². The highest BCUT2D eigenvalue weighted by atomic mass is 16.3. The Morgan fingerprint density at radius 3 is 2.54 bits per heavy atom. The van der Waals surface area contributed by atoms with Crippen molar-refractivity contribution in [3.63, 3.8) is 0 Å². The lowest BCUT2D eigenvalue weighted by Gasteiger charge is -2.16. The fraction of sp³-hybridized carbons (Fsp3) is 0.667. The van der Waals surface area contributed by atoms with E-state index in [9.17, 15) is 9.90 Å². The summed E-state index contributed by atoms with van der Waals surface area (Å²) >= 11 is 0. The molecule has 0 fully saturated rings. The van der Waals surface area contributed by atoms with Gasteiger partial charge in [-0.2, -0.15) is 0 Å². The van der Waals surface area contributed by atoms with Crippen LogP contribution in [0, 0.1) is 0 Å². The molecule has 0 rings (SSSR count). The first-order valence-electron chi connectivity index (χ1n) is 4.20. The topological polar surface area (TPSA) is 52.6 Å². The fourth-order valence-corrected chi connectivity index (χ4v) is 0.847. The highest BCUT2D eigenvalue weighted by Crippen LogP contribution is 1.88. The first kappa shape index (κ1) is 12.1. The number of nitrogens with one attached hydrogen (secondary N) is 1. The Hall–Kier alpha value is -0.870. The average molecular weight is 186 g/mol. The lowest BCUT2D eigenvalue weighted by Crippen LogP contribution is -2.37. The van der Waals surface area contributed by atoms with Crippen LogP contribution in [0.4, 0.5) is 0 Å². The highest BCUT2D eigenvalue weighted by molar-refractivity contribution is 5.92. The summed E-state index contributed by atoms with van der Waals surface area (Å²) in [6.07, 6.45) is -0.529. The fourth-order valence-electron chi connectivity index (χ4n) is 0.847. The van der Waals surface area contributed by atoms with Crippen molar-refractivity contribution in [2.24, 2.45) is 0 Å². The molecule has 13 heavy (non-hydrogen) atoms. The van der Waals surface area contributed by atoms with Crippen molar-refractivity contribution < 1.29 is 9.90 Å². The molecule has 0 aliphatic rings. The molecule has 0 bridgehead atoms. The van der Waals surface area contributed by atoms with E-state index in [0.717, 1.165) is 0 Å². The maximum absolute atomic E-state index is 11.0. The Balaban J connectivity index is 3.64. The van der Waals surface area contributed by atoms with Crippen molar-refractivity contribution >= 4 is 5.91 Å². The summed E-state index contributed by atoms with van der Waals surface area (Å²) in [5.74, 6) is -0.210. The van der Waals surface area contributed by atoms with Gasteiger partial charge in [-0.3, -0.25) is 4.79 Å². The largest absolute Gasteiger partial charge is 0.390 e. The van der Waals surface area contributed by atoms with Crippen molar-refractivity contribution in [1.82, 2.24) is 10.2 Å². The molecular weight excluding hydrogens is 168 g/mol. The molecule has 4 heteroatoms. The third-order valence-electron chi connectivity index (χ3n) is 1.46. The van der Waals surface area contributed by atoms with Gasteiger partial charge < -0.3 is 15.3 Å². The van der Waals surface area contributed by atoms with Gasteiger partial charge in [0, 0.05) is 18.7 Å². The summed E-state index contributed by atoms with van der Waals surface area (Å²) in [6.45, 7) is 5.93. The third kappa shape index (κ3) is 6.31. The van der Waals surface area contributed by atoms with E-state index in [0.29, 0.717) is 12.1 Å². The number of hydrogen-bond donors (Lipinski definition) is 2. The van der Waals surface area contributed by atoms with Crippen LogP contribution in [0.3, 0.4) is 0 Å². The number of carbonyl (C=O) groups excluding carboxylic acids is 1. The average Bonchev–Trinajstić information content (AvgIpc) is 1.98. The summed E-state index contributed by atoms with van der Waals surface area (Å²) in [5.41, 5.74) is 0.456. The van der Waals surface area contributed by atoms with Crippen LogP contribution in [0.1, 0.15) is 6.92 Å². The number of rotatable bonds is 5. The van der Waals surface area contributed by atoms with Gasteiger partial charge in [0.05, 0.1) is 6.10 Å². The van der Waals surface area contributed by atoms with Crippen molar-refractivity contribution in [2.45, 2.75) is 13.0 Å². The van der Waals surface area contributed by atoms with E-state index in [1.165, 1.54) is 0 Å². The van der Waals surface area contributed by atoms with E-state index in [-0.39, 0.29) is 12.5 Å². The van der Waals surface area contributed by atoms with Gasteiger partial charge in [0.1, 0.15) is 0 Å².